The maximum absolute atomic E-state index is 12.1. The number of piperidine rings is 1. The van der Waals surface area contributed by atoms with Crippen molar-refractivity contribution in [1.82, 2.24) is 24.0 Å². The Balaban J connectivity index is 1.32. The Morgan fingerprint density at radius 2 is 2.00 bits per heavy atom. The molecular weight excluding hydrogens is 302 g/mol. The summed E-state index contributed by atoms with van der Waals surface area (Å²) in [6.07, 6.45) is 12.2. The second kappa shape index (κ2) is 6.51. The van der Waals surface area contributed by atoms with E-state index in [9.17, 15) is 4.79 Å². The van der Waals surface area contributed by atoms with E-state index < -0.39 is 0 Å². The molecule has 2 aromatic heterocycles. The van der Waals surface area contributed by atoms with Crippen LogP contribution in [-0.2, 0) is 13.1 Å². The lowest BCUT2D eigenvalue weighted by Crippen LogP contribution is -2.36. The molecule has 0 amide bonds. The highest BCUT2D eigenvalue weighted by molar-refractivity contribution is 5.01. The Hall–Kier alpha value is -1.95. The van der Waals surface area contributed by atoms with Crippen molar-refractivity contribution in [2.45, 2.75) is 51.7 Å². The van der Waals surface area contributed by atoms with Crippen molar-refractivity contribution in [3.8, 4) is 0 Å². The summed E-state index contributed by atoms with van der Waals surface area (Å²) >= 11 is 0. The second-order valence-corrected chi connectivity index (χ2v) is 7.24. The summed E-state index contributed by atoms with van der Waals surface area (Å²) < 4.78 is 4.12. The molecule has 4 rings (SSSR count). The summed E-state index contributed by atoms with van der Waals surface area (Å²) in [5.41, 5.74) is 0.820. The topological polar surface area (TPSA) is 56.0 Å². The number of likely N-dealkylation sites (tertiary alicyclic amines) is 1. The van der Waals surface area contributed by atoms with E-state index in [0.717, 1.165) is 44.6 Å². The normalized spacial score (nSPS) is 19.7. The van der Waals surface area contributed by atoms with Crippen LogP contribution >= 0.6 is 0 Å². The van der Waals surface area contributed by atoms with Gasteiger partial charge in [0.05, 0.1) is 12.9 Å². The molecular formula is C18H25N5O. The number of nitrogens with zero attached hydrogens (tertiary/aromatic N) is 5. The molecule has 0 bridgehead atoms. The first-order chi connectivity index (χ1) is 11.7. The monoisotopic (exact) mass is 327 g/mol. The van der Waals surface area contributed by atoms with Crippen molar-refractivity contribution < 1.29 is 0 Å². The molecule has 3 heterocycles. The van der Waals surface area contributed by atoms with Gasteiger partial charge in [0.2, 0.25) is 0 Å². The molecule has 2 aliphatic rings. The molecule has 0 N–H and O–H groups in total. The molecule has 0 unspecified atom stereocenters. The Morgan fingerprint density at radius 1 is 1.21 bits per heavy atom. The lowest BCUT2D eigenvalue weighted by atomic mass is 9.96. The van der Waals surface area contributed by atoms with E-state index in [1.54, 1.807) is 17.1 Å². The standard InChI is InChI=1S/C18H25N5O/c1-14-10-19-13-22(18(14)24)11-15-4-7-21(8-5-15)12-17-20-6-9-23(17)16-2-3-16/h6,9-10,13,15-16H,2-5,7-8,11-12H2,1H3. The second-order valence-electron chi connectivity index (χ2n) is 7.24. The van der Waals surface area contributed by atoms with Gasteiger partial charge in [0.15, 0.2) is 0 Å². The van der Waals surface area contributed by atoms with Crippen LogP contribution in [-0.4, -0.2) is 37.1 Å². The van der Waals surface area contributed by atoms with Crippen LogP contribution in [0.2, 0.25) is 0 Å². The van der Waals surface area contributed by atoms with Crippen LogP contribution in [0.5, 0.6) is 0 Å². The minimum Gasteiger partial charge on any atom is -0.331 e. The van der Waals surface area contributed by atoms with Crippen LogP contribution in [0.4, 0.5) is 0 Å². The van der Waals surface area contributed by atoms with Crippen molar-refractivity contribution >= 4 is 0 Å². The Morgan fingerprint density at radius 3 is 2.75 bits per heavy atom. The van der Waals surface area contributed by atoms with E-state index in [2.05, 4.69) is 25.6 Å². The molecule has 0 atom stereocenters. The minimum absolute atomic E-state index is 0.0962. The number of hydrogen-bond acceptors (Lipinski definition) is 4. The maximum Gasteiger partial charge on any atom is 0.256 e. The van der Waals surface area contributed by atoms with Gasteiger partial charge in [0.1, 0.15) is 5.82 Å². The van der Waals surface area contributed by atoms with Crippen LogP contribution in [0.25, 0.3) is 0 Å². The van der Waals surface area contributed by atoms with Crippen molar-refractivity contribution in [3.63, 3.8) is 0 Å². The molecule has 0 aromatic carbocycles. The highest BCUT2D eigenvalue weighted by Crippen LogP contribution is 2.35. The summed E-state index contributed by atoms with van der Waals surface area (Å²) in [7, 11) is 0. The summed E-state index contributed by atoms with van der Waals surface area (Å²) in [6.45, 7) is 5.73. The fourth-order valence-corrected chi connectivity index (χ4v) is 3.65. The Bertz CT molecular complexity index is 753. The van der Waals surface area contributed by atoms with Crippen LogP contribution < -0.4 is 5.56 Å². The fourth-order valence-electron chi connectivity index (χ4n) is 3.65. The number of hydrogen-bond donors (Lipinski definition) is 0. The first-order valence-electron chi connectivity index (χ1n) is 8.96. The largest absolute Gasteiger partial charge is 0.331 e. The molecule has 2 fully saturated rings. The average molecular weight is 327 g/mol. The van der Waals surface area contributed by atoms with Gasteiger partial charge >= 0.3 is 0 Å². The first kappa shape index (κ1) is 15.6. The highest BCUT2D eigenvalue weighted by atomic mass is 16.1. The number of rotatable bonds is 5. The fraction of sp³-hybridized carbons (Fsp3) is 0.611. The van der Waals surface area contributed by atoms with E-state index in [4.69, 9.17) is 0 Å². The molecule has 1 aliphatic heterocycles. The van der Waals surface area contributed by atoms with E-state index in [1.807, 2.05) is 13.1 Å². The SMILES string of the molecule is Cc1cncn(CC2CCN(Cc3nccn3C3CC3)CC2)c1=O. The molecule has 0 spiro atoms. The highest BCUT2D eigenvalue weighted by Gasteiger charge is 2.27. The zero-order valence-corrected chi connectivity index (χ0v) is 14.3. The van der Waals surface area contributed by atoms with E-state index in [0.29, 0.717) is 12.0 Å². The Kier molecular flexibility index (Phi) is 4.22. The molecule has 24 heavy (non-hydrogen) atoms. The van der Waals surface area contributed by atoms with Gasteiger partial charge in [-0.1, -0.05) is 0 Å². The lowest BCUT2D eigenvalue weighted by Gasteiger charge is -2.32. The molecule has 1 saturated carbocycles. The van der Waals surface area contributed by atoms with Crippen LogP contribution in [0.3, 0.4) is 0 Å². The smallest absolute Gasteiger partial charge is 0.256 e. The van der Waals surface area contributed by atoms with Gasteiger partial charge in [0, 0.05) is 36.7 Å². The number of aryl methyl sites for hydroxylation is 1. The third kappa shape index (κ3) is 3.29. The van der Waals surface area contributed by atoms with Crippen molar-refractivity contribution in [1.29, 1.82) is 0 Å². The zero-order chi connectivity index (χ0) is 16.5. The molecule has 1 aliphatic carbocycles. The van der Waals surface area contributed by atoms with Gasteiger partial charge in [-0.25, -0.2) is 9.97 Å². The van der Waals surface area contributed by atoms with Crippen LogP contribution in [0.1, 0.15) is 43.1 Å². The van der Waals surface area contributed by atoms with E-state index in [-0.39, 0.29) is 5.56 Å². The summed E-state index contributed by atoms with van der Waals surface area (Å²) in [4.78, 5) is 23.3. The molecule has 6 heteroatoms. The third-order valence-corrected chi connectivity index (χ3v) is 5.29. The Labute approximate surface area is 142 Å². The number of aromatic nitrogens is 4. The van der Waals surface area contributed by atoms with Gasteiger partial charge in [-0.15, -0.1) is 0 Å². The van der Waals surface area contributed by atoms with Crippen LogP contribution in [0, 0.1) is 12.8 Å². The summed E-state index contributed by atoms with van der Waals surface area (Å²) in [6, 6.07) is 0.695. The predicted octanol–water partition coefficient (Wildman–Crippen LogP) is 2.00. The van der Waals surface area contributed by atoms with Crippen molar-refractivity contribution in [3.05, 3.63) is 46.7 Å². The average Bonchev–Trinajstić information content (AvgIpc) is 3.33. The van der Waals surface area contributed by atoms with Crippen molar-refractivity contribution in [2.24, 2.45) is 5.92 Å². The summed E-state index contributed by atoms with van der Waals surface area (Å²) in [5.74, 6) is 1.76. The minimum atomic E-state index is 0.0962. The van der Waals surface area contributed by atoms with Crippen molar-refractivity contribution in [2.75, 3.05) is 13.1 Å². The van der Waals surface area contributed by atoms with Gasteiger partial charge < -0.3 is 4.57 Å². The third-order valence-electron chi connectivity index (χ3n) is 5.29. The quantitative estimate of drug-likeness (QED) is 0.843. The van der Waals surface area contributed by atoms with Gasteiger partial charge in [0.25, 0.3) is 5.56 Å². The molecule has 2 aromatic rings. The van der Waals surface area contributed by atoms with Gasteiger partial charge in [-0.3, -0.25) is 14.3 Å². The molecule has 1 saturated heterocycles. The van der Waals surface area contributed by atoms with Gasteiger partial charge in [-0.2, -0.15) is 0 Å². The first-order valence-corrected chi connectivity index (χ1v) is 8.96. The van der Waals surface area contributed by atoms with Gasteiger partial charge in [-0.05, 0) is 51.6 Å². The predicted molar refractivity (Wildman–Crippen MR) is 91.7 cm³/mol. The van der Waals surface area contributed by atoms with E-state index in [1.165, 1.54) is 18.7 Å². The zero-order valence-electron chi connectivity index (χ0n) is 14.3. The lowest BCUT2D eigenvalue weighted by molar-refractivity contribution is 0.161. The van der Waals surface area contributed by atoms with E-state index >= 15 is 0 Å². The maximum atomic E-state index is 12.1. The molecule has 6 nitrogen and oxygen atoms in total. The molecule has 128 valence electrons. The number of imidazole rings is 1. The van der Waals surface area contributed by atoms with Crippen LogP contribution in [0.15, 0.2) is 29.7 Å². The summed E-state index contributed by atoms with van der Waals surface area (Å²) in [5, 5.41) is 0. The molecule has 0 radical (unpaired) electrons.